The lowest BCUT2D eigenvalue weighted by Gasteiger charge is -2.10. The molecule has 0 unspecified atom stereocenters. The first-order valence-electron chi connectivity index (χ1n) is 8.01. The molecular formula is C19H20ClN3O3. The Morgan fingerprint density at radius 3 is 2.54 bits per heavy atom. The maximum Gasteiger partial charge on any atom is 0.329 e. The Labute approximate surface area is 157 Å². The number of hydrazone groups is 1. The molecule has 7 heteroatoms. The second-order valence-corrected chi connectivity index (χ2v) is 6.01. The predicted octanol–water partition coefficient (Wildman–Crippen LogP) is 3.41. The van der Waals surface area contributed by atoms with Crippen LogP contribution in [-0.4, -0.2) is 24.6 Å². The Morgan fingerprint density at radius 2 is 1.85 bits per heavy atom. The zero-order valence-corrected chi connectivity index (χ0v) is 15.3. The number of hydrogen-bond donors (Lipinski definition) is 2. The molecule has 0 bridgehead atoms. The minimum absolute atomic E-state index is 0.310. The smallest absolute Gasteiger partial charge is 0.329 e. The van der Waals surface area contributed by atoms with Crippen molar-refractivity contribution in [3.05, 3.63) is 59.1 Å². The van der Waals surface area contributed by atoms with Crippen molar-refractivity contribution >= 4 is 34.8 Å². The lowest BCUT2D eigenvalue weighted by molar-refractivity contribution is -0.136. The van der Waals surface area contributed by atoms with Crippen molar-refractivity contribution in [2.75, 3.05) is 12.4 Å². The van der Waals surface area contributed by atoms with Gasteiger partial charge in [-0.2, -0.15) is 5.10 Å². The quantitative estimate of drug-likeness (QED) is 0.462. The fraction of sp³-hybridized carbons (Fsp3) is 0.211. The second-order valence-electron chi connectivity index (χ2n) is 5.57. The molecule has 0 atom stereocenters. The van der Waals surface area contributed by atoms with E-state index in [4.69, 9.17) is 16.3 Å². The molecule has 0 aliphatic heterocycles. The fourth-order valence-corrected chi connectivity index (χ4v) is 2.35. The van der Waals surface area contributed by atoms with Gasteiger partial charge in [-0.15, -0.1) is 0 Å². The van der Waals surface area contributed by atoms with Crippen molar-refractivity contribution in [1.82, 2.24) is 5.43 Å². The van der Waals surface area contributed by atoms with Crippen LogP contribution in [0.15, 0.2) is 53.6 Å². The minimum atomic E-state index is -0.869. The average molecular weight is 374 g/mol. The molecule has 2 aromatic carbocycles. The second kappa shape index (κ2) is 9.58. The van der Waals surface area contributed by atoms with Gasteiger partial charge in [0.1, 0.15) is 5.75 Å². The number of rotatable bonds is 6. The van der Waals surface area contributed by atoms with Crippen molar-refractivity contribution in [2.24, 2.45) is 5.10 Å². The lowest BCUT2D eigenvalue weighted by Crippen LogP contribution is -2.33. The number of nitrogens with zero attached hydrogens (tertiary/aromatic N) is 1. The number of nitrogens with one attached hydrogen (secondary N) is 2. The van der Waals surface area contributed by atoms with Crippen LogP contribution >= 0.6 is 11.6 Å². The standard InChI is InChI=1S/C19H20ClN3O3/c1-13(8-9-14-6-4-3-5-7-14)22-23-19(25)18(24)21-16-12-15(20)10-11-17(16)26-2/h3-7,10-12H,8-9H2,1-2H3,(H,21,24)(H,23,25)/b22-13+. The summed E-state index contributed by atoms with van der Waals surface area (Å²) in [6, 6.07) is 14.7. The van der Waals surface area contributed by atoms with E-state index < -0.39 is 11.8 Å². The van der Waals surface area contributed by atoms with Gasteiger partial charge in [-0.25, -0.2) is 5.43 Å². The first-order chi connectivity index (χ1) is 12.5. The predicted molar refractivity (Wildman–Crippen MR) is 103 cm³/mol. The van der Waals surface area contributed by atoms with Gasteiger partial charge in [0, 0.05) is 10.7 Å². The van der Waals surface area contributed by atoms with Crippen LogP contribution < -0.4 is 15.5 Å². The monoisotopic (exact) mass is 373 g/mol. The van der Waals surface area contributed by atoms with E-state index in [0.717, 1.165) is 12.1 Å². The summed E-state index contributed by atoms with van der Waals surface area (Å²) in [5.41, 5.74) is 4.46. The Bertz CT molecular complexity index is 807. The van der Waals surface area contributed by atoms with E-state index in [1.54, 1.807) is 19.1 Å². The number of carbonyl (C=O) groups is 2. The van der Waals surface area contributed by atoms with Crippen molar-refractivity contribution in [3.63, 3.8) is 0 Å². The zero-order valence-electron chi connectivity index (χ0n) is 14.6. The summed E-state index contributed by atoms with van der Waals surface area (Å²) in [7, 11) is 1.46. The number of hydrogen-bond acceptors (Lipinski definition) is 4. The molecule has 2 rings (SSSR count). The summed E-state index contributed by atoms with van der Waals surface area (Å²) in [4.78, 5) is 23.9. The summed E-state index contributed by atoms with van der Waals surface area (Å²) < 4.78 is 5.12. The van der Waals surface area contributed by atoms with E-state index in [1.807, 2.05) is 30.3 Å². The van der Waals surface area contributed by atoms with Gasteiger partial charge in [-0.1, -0.05) is 41.9 Å². The van der Waals surface area contributed by atoms with E-state index in [1.165, 1.54) is 18.7 Å². The van der Waals surface area contributed by atoms with Crippen molar-refractivity contribution < 1.29 is 14.3 Å². The van der Waals surface area contributed by atoms with E-state index in [-0.39, 0.29) is 0 Å². The molecule has 0 heterocycles. The van der Waals surface area contributed by atoms with Gasteiger partial charge in [-0.05, 0) is 43.5 Å². The molecule has 0 fully saturated rings. The molecule has 26 heavy (non-hydrogen) atoms. The lowest BCUT2D eigenvalue weighted by atomic mass is 10.1. The van der Waals surface area contributed by atoms with Gasteiger partial charge in [0.2, 0.25) is 0 Å². The van der Waals surface area contributed by atoms with Crippen LogP contribution in [0.3, 0.4) is 0 Å². The number of benzene rings is 2. The first-order valence-corrected chi connectivity index (χ1v) is 8.39. The number of aryl methyl sites for hydroxylation is 1. The Morgan fingerprint density at radius 1 is 1.12 bits per heavy atom. The van der Waals surface area contributed by atoms with Crippen LogP contribution in [0.4, 0.5) is 5.69 Å². The van der Waals surface area contributed by atoms with Crippen LogP contribution in [0, 0.1) is 0 Å². The molecule has 6 nitrogen and oxygen atoms in total. The Balaban J connectivity index is 1.88. The van der Waals surface area contributed by atoms with Crippen LogP contribution in [0.5, 0.6) is 5.75 Å². The van der Waals surface area contributed by atoms with E-state index >= 15 is 0 Å². The van der Waals surface area contributed by atoms with Crippen molar-refractivity contribution in [3.8, 4) is 5.75 Å². The number of carbonyl (C=O) groups excluding carboxylic acids is 2. The zero-order chi connectivity index (χ0) is 18.9. The highest BCUT2D eigenvalue weighted by Crippen LogP contribution is 2.27. The highest BCUT2D eigenvalue weighted by molar-refractivity contribution is 6.40. The summed E-state index contributed by atoms with van der Waals surface area (Å²) in [6.07, 6.45) is 1.48. The Kier molecular flexibility index (Phi) is 7.17. The minimum Gasteiger partial charge on any atom is -0.495 e. The van der Waals surface area contributed by atoms with Crippen LogP contribution in [0.1, 0.15) is 18.9 Å². The van der Waals surface area contributed by atoms with Crippen molar-refractivity contribution in [1.29, 1.82) is 0 Å². The molecule has 0 saturated heterocycles. The van der Waals surface area contributed by atoms with Gasteiger partial charge in [0.15, 0.2) is 0 Å². The highest BCUT2D eigenvalue weighted by atomic mass is 35.5. The molecule has 0 radical (unpaired) electrons. The summed E-state index contributed by atoms with van der Waals surface area (Å²) >= 11 is 5.90. The molecule has 136 valence electrons. The third kappa shape index (κ3) is 5.89. The third-order valence-corrected chi connectivity index (χ3v) is 3.82. The molecule has 0 spiro atoms. The van der Waals surface area contributed by atoms with Gasteiger partial charge >= 0.3 is 11.8 Å². The third-order valence-electron chi connectivity index (χ3n) is 3.58. The molecule has 2 amide bonds. The number of methoxy groups -OCH3 is 1. The molecule has 0 saturated carbocycles. The van der Waals surface area contributed by atoms with E-state index in [2.05, 4.69) is 15.8 Å². The van der Waals surface area contributed by atoms with Gasteiger partial charge < -0.3 is 10.1 Å². The van der Waals surface area contributed by atoms with Crippen LogP contribution in [-0.2, 0) is 16.0 Å². The number of ether oxygens (including phenoxy) is 1. The number of halogens is 1. The topological polar surface area (TPSA) is 79.8 Å². The van der Waals surface area contributed by atoms with Crippen molar-refractivity contribution in [2.45, 2.75) is 19.8 Å². The van der Waals surface area contributed by atoms with Gasteiger partial charge in [-0.3, -0.25) is 9.59 Å². The van der Waals surface area contributed by atoms with Gasteiger partial charge in [0.05, 0.1) is 12.8 Å². The molecule has 2 N–H and O–H groups in total. The highest BCUT2D eigenvalue weighted by Gasteiger charge is 2.15. The molecule has 0 aliphatic carbocycles. The largest absolute Gasteiger partial charge is 0.495 e. The normalized spacial score (nSPS) is 11.0. The molecule has 0 aromatic heterocycles. The molecule has 2 aromatic rings. The number of anilines is 1. The van der Waals surface area contributed by atoms with E-state index in [9.17, 15) is 9.59 Å². The van der Waals surface area contributed by atoms with Gasteiger partial charge in [0.25, 0.3) is 0 Å². The first kappa shape index (κ1) is 19.5. The molecule has 0 aliphatic rings. The summed E-state index contributed by atoms with van der Waals surface area (Å²) in [6.45, 7) is 1.79. The molecular weight excluding hydrogens is 354 g/mol. The summed E-state index contributed by atoms with van der Waals surface area (Å²) in [5.74, 6) is -1.32. The SMILES string of the molecule is COc1ccc(Cl)cc1NC(=O)C(=O)N/N=C(\C)CCc1ccccc1. The van der Waals surface area contributed by atoms with E-state index in [0.29, 0.717) is 22.9 Å². The number of amides is 2. The maximum absolute atomic E-state index is 12.0. The average Bonchev–Trinajstić information content (AvgIpc) is 2.65. The van der Waals surface area contributed by atoms with Crippen LogP contribution in [0.2, 0.25) is 5.02 Å². The van der Waals surface area contributed by atoms with Crippen LogP contribution in [0.25, 0.3) is 0 Å². The summed E-state index contributed by atoms with van der Waals surface area (Å²) in [5, 5.41) is 6.83. The fourth-order valence-electron chi connectivity index (χ4n) is 2.18. The maximum atomic E-state index is 12.0. The Hall–Kier alpha value is -2.86.